The third kappa shape index (κ3) is 3.04. The largest absolute Gasteiger partial charge is 0.498 e. The molecule has 0 spiro atoms. The molecule has 0 unspecified atom stereocenters. The van der Waals surface area contributed by atoms with Crippen LogP contribution >= 0.6 is 0 Å². The topological polar surface area (TPSA) is 66.0 Å². The fraction of sp³-hybridized carbons (Fsp3) is 0.167. The molecule has 0 amide bonds. The molecule has 0 saturated heterocycles. The van der Waals surface area contributed by atoms with Crippen molar-refractivity contribution in [1.82, 2.24) is 0 Å². The van der Waals surface area contributed by atoms with Gasteiger partial charge in [0.05, 0.1) is 17.4 Å². The summed E-state index contributed by atoms with van der Waals surface area (Å²) < 4.78 is 10.2. The van der Waals surface area contributed by atoms with E-state index >= 15 is 0 Å². The Balaban J connectivity index is 2.66. The van der Waals surface area contributed by atoms with Gasteiger partial charge in [0.15, 0.2) is 0 Å². The summed E-state index contributed by atoms with van der Waals surface area (Å²) in [5.41, 5.74) is 0.654. The number of ether oxygens (including phenoxy) is 2. The molecule has 4 heteroatoms. The SMILES string of the molecule is C=COCCOc1ccc(C#N)c(C#N)c1. The highest BCUT2D eigenvalue weighted by Gasteiger charge is 2.03. The van der Waals surface area contributed by atoms with Crippen molar-refractivity contribution in [3.8, 4) is 17.9 Å². The molecule has 0 aliphatic carbocycles. The summed E-state index contributed by atoms with van der Waals surface area (Å²) in [6.45, 7) is 4.16. The van der Waals surface area contributed by atoms with E-state index in [1.807, 2.05) is 12.1 Å². The summed E-state index contributed by atoms with van der Waals surface area (Å²) in [5, 5.41) is 17.5. The van der Waals surface area contributed by atoms with Gasteiger partial charge in [0.25, 0.3) is 0 Å². The molecule has 0 aliphatic rings. The Bertz CT molecular complexity index is 455. The van der Waals surface area contributed by atoms with Crippen LogP contribution in [0.2, 0.25) is 0 Å². The second kappa shape index (κ2) is 6.10. The molecule has 80 valence electrons. The fourth-order valence-electron chi connectivity index (χ4n) is 1.09. The first-order chi connectivity index (χ1) is 7.81. The van der Waals surface area contributed by atoms with Gasteiger partial charge < -0.3 is 9.47 Å². The lowest BCUT2D eigenvalue weighted by Crippen LogP contribution is -2.04. The van der Waals surface area contributed by atoms with Crippen LogP contribution in [-0.4, -0.2) is 13.2 Å². The molecule has 0 N–H and O–H groups in total. The van der Waals surface area contributed by atoms with Crippen molar-refractivity contribution >= 4 is 0 Å². The van der Waals surface area contributed by atoms with Gasteiger partial charge in [-0.05, 0) is 18.2 Å². The zero-order valence-corrected chi connectivity index (χ0v) is 8.64. The Kier molecular flexibility index (Phi) is 4.43. The lowest BCUT2D eigenvalue weighted by molar-refractivity contribution is 0.179. The molecule has 4 nitrogen and oxygen atoms in total. The van der Waals surface area contributed by atoms with Gasteiger partial charge in [0.2, 0.25) is 0 Å². The molecular formula is C12H10N2O2. The van der Waals surface area contributed by atoms with Gasteiger partial charge in [-0.15, -0.1) is 0 Å². The van der Waals surface area contributed by atoms with Gasteiger partial charge in [-0.1, -0.05) is 6.58 Å². The Morgan fingerprint density at radius 3 is 2.56 bits per heavy atom. The number of rotatable bonds is 5. The van der Waals surface area contributed by atoms with Crippen LogP contribution in [0.3, 0.4) is 0 Å². The zero-order chi connectivity index (χ0) is 11.8. The predicted molar refractivity (Wildman–Crippen MR) is 57.5 cm³/mol. The van der Waals surface area contributed by atoms with Crippen molar-refractivity contribution in [3.05, 3.63) is 42.2 Å². The fourth-order valence-corrected chi connectivity index (χ4v) is 1.09. The third-order valence-corrected chi connectivity index (χ3v) is 1.82. The number of hydrogen-bond donors (Lipinski definition) is 0. The minimum atomic E-state index is 0.310. The zero-order valence-electron chi connectivity index (χ0n) is 8.64. The average molecular weight is 214 g/mol. The van der Waals surface area contributed by atoms with Crippen LogP contribution in [0.4, 0.5) is 0 Å². The van der Waals surface area contributed by atoms with Gasteiger partial charge in [-0.2, -0.15) is 10.5 Å². The molecule has 0 bridgehead atoms. The normalized spacial score (nSPS) is 8.62. The number of hydrogen-bond acceptors (Lipinski definition) is 4. The summed E-state index contributed by atoms with van der Waals surface area (Å²) in [4.78, 5) is 0. The maximum absolute atomic E-state index is 8.79. The molecule has 1 aromatic carbocycles. The molecule has 0 aromatic heterocycles. The maximum Gasteiger partial charge on any atom is 0.122 e. The Hall–Kier alpha value is -2.46. The highest BCUT2D eigenvalue weighted by molar-refractivity contribution is 5.49. The lowest BCUT2D eigenvalue weighted by atomic mass is 10.1. The standard InChI is InChI=1S/C12H10N2O2/c1-2-15-5-6-16-12-4-3-10(8-13)11(7-12)9-14/h2-4,7H,1,5-6H2. The smallest absolute Gasteiger partial charge is 0.122 e. The first-order valence-corrected chi connectivity index (χ1v) is 4.61. The second-order valence-corrected chi connectivity index (χ2v) is 2.82. The van der Waals surface area contributed by atoms with E-state index in [-0.39, 0.29) is 0 Å². The van der Waals surface area contributed by atoms with Crippen LogP contribution in [0.1, 0.15) is 11.1 Å². The van der Waals surface area contributed by atoms with Gasteiger partial charge in [0, 0.05) is 0 Å². The quantitative estimate of drug-likeness (QED) is 0.555. The van der Waals surface area contributed by atoms with Crippen LogP contribution in [-0.2, 0) is 4.74 Å². The summed E-state index contributed by atoms with van der Waals surface area (Å²) in [6, 6.07) is 8.61. The molecule has 1 aromatic rings. The Morgan fingerprint density at radius 1 is 1.19 bits per heavy atom. The molecule has 0 heterocycles. The van der Waals surface area contributed by atoms with Gasteiger partial charge >= 0.3 is 0 Å². The summed E-state index contributed by atoms with van der Waals surface area (Å²) in [6.07, 6.45) is 1.34. The van der Waals surface area contributed by atoms with Crippen molar-refractivity contribution < 1.29 is 9.47 Å². The van der Waals surface area contributed by atoms with Crippen LogP contribution in [0.5, 0.6) is 5.75 Å². The van der Waals surface area contributed by atoms with E-state index in [9.17, 15) is 0 Å². The minimum absolute atomic E-state index is 0.310. The van der Waals surface area contributed by atoms with E-state index in [1.165, 1.54) is 12.3 Å². The number of nitrogens with zero attached hydrogens (tertiary/aromatic N) is 2. The van der Waals surface area contributed by atoms with Crippen LogP contribution in [0, 0.1) is 22.7 Å². The molecule has 1 rings (SSSR count). The van der Waals surface area contributed by atoms with E-state index in [0.29, 0.717) is 30.1 Å². The Labute approximate surface area is 93.9 Å². The van der Waals surface area contributed by atoms with E-state index in [0.717, 1.165) is 0 Å². The second-order valence-electron chi connectivity index (χ2n) is 2.82. The monoisotopic (exact) mass is 214 g/mol. The summed E-state index contributed by atoms with van der Waals surface area (Å²) >= 11 is 0. The third-order valence-electron chi connectivity index (χ3n) is 1.82. The molecule has 0 fully saturated rings. The summed E-state index contributed by atoms with van der Waals surface area (Å²) in [7, 11) is 0. The van der Waals surface area contributed by atoms with E-state index in [4.69, 9.17) is 20.0 Å². The lowest BCUT2D eigenvalue weighted by Gasteiger charge is -2.06. The van der Waals surface area contributed by atoms with Crippen LogP contribution in [0.15, 0.2) is 31.0 Å². The van der Waals surface area contributed by atoms with Gasteiger partial charge in [-0.25, -0.2) is 0 Å². The summed E-state index contributed by atoms with van der Waals surface area (Å²) in [5.74, 6) is 0.545. The molecule has 0 atom stereocenters. The maximum atomic E-state index is 8.79. The Morgan fingerprint density at radius 2 is 1.94 bits per heavy atom. The first kappa shape index (κ1) is 11.6. The highest BCUT2D eigenvalue weighted by atomic mass is 16.5. The van der Waals surface area contributed by atoms with Crippen molar-refractivity contribution in [1.29, 1.82) is 10.5 Å². The van der Waals surface area contributed by atoms with E-state index < -0.39 is 0 Å². The van der Waals surface area contributed by atoms with Crippen LogP contribution in [0.25, 0.3) is 0 Å². The van der Waals surface area contributed by atoms with Crippen molar-refractivity contribution in [2.45, 2.75) is 0 Å². The van der Waals surface area contributed by atoms with Gasteiger partial charge in [-0.3, -0.25) is 0 Å². The number of nitriles is 2. The molecule has 16 heavy (non-hydrogen) atoms. The van der Waals surface area contributed by atoms with Gasteiger partial charge in [0.1, 0.15) is 31.1 Å². The molecular weight excluding hydrogens is 204 g/mol. The highest BCUT2D eigenvalue weighted by Crippen LogP contribution is 2.16. The molecule has 0 saturated carbocycles. The molecule has 0 radical (unpaired) electrons. The predicted octanol–water partition coefficient (Wildman–Crippen LogP) is 1.97. The van der Waals surface area contributed by atoms with Crippen molar-refractivity contribution in [3.63, 3.8) is 0 Å². The van der Waals surface area contributed by atoms with Crippen LogP contribution < -0.4 is 4.74 Å². The minimum Gasteiger partial charge on any atom is -0.498 e. The van der Waals surface area contributed by atoms with E-state index in [1.54, 1.807) is 12.1 Å². The van der Waals surface area contributed by atoms with Crippen molar-refractivity contribution in [2.75, 3.05) is 13.2 Å². The molecule has 0 aliphatic heterocycles. The van der Waals surface area contributed by atoms with E-state index in [2.05, 4.69) is 6.58 Å². The number of benzene rings is 1. The van der Waals surface area contributed by atoms with Crippen molar-refractivity contribution in [2.24, 2.45) is 0 Å². The average Bonchev–Trinajstić information content (AvgIpc) is 2.34. The first-order valence-electron chi connectivity index (χ1n) is 4.61.